The van der Waals surface area contributed by atoms with Crippen LogP contribution in [0.25, 0.3) is 11.0 Å². The summed E-state index contributed by atoms with van der Waals surface area (Å²) in [5.74, 6) is 1.36. The number of imidazole rings is 1. The highest BCUT2D eigenvalue weighted by Gasteiger charge is 2.09. The van der Waals surface area contributed by atoms with Gasteiger partial charge in [-0.2, -0.15) is 0 Å². The number of hydrogen-bond acceptors (Lipinski definition) is 2. The van der Waals surface area contributed by atoms with Gasteiger partial charge in [0, 0.05) is 18.9 Å². The van der Waals surface area contributed by atoms with Gasteiger partial charge in [-0.25, -0.2) is 4.98 Å². The van der Waals surface area contributed by atoms with Crippen LogP contribution in [-0.2, 0) is 18.8 Å². The highest BCUT2D eigenvalue weighted by molar-refractivity contribution is 6.16. The molecule has 0 aliphatic rings. The molecule has 0 N–H and O–H groups in total. The summed E-state index contributed by atoms with van der Waals surface area (Å²) in [6, 6.07) is 12.2. The lowest BCUT2D eigenvalue weighted by Crippen LogP contribution is -2.05. The Bertz CT molecular complexity index is 676. The first-order chi connectivity index (χ1) is 9.38. The Morgan fingerprint density at radius 2 is 2.00 bits per heavy atom. The molecule has 0 saturated carbocycles. The third-order valence-electron chi connectivity index (χ3n) is 3.20. The van der Waals surface area contributed by atoms with Crippen molar-refractivity contribution in [2.24, 2.45) is 0 Å². The summed E-state index contributed by atoms with van der Waals surface area (Å²) >= 11 is 5.99. The Morgan fingerprint density at radius 1 is 1.11 bits per heavy atom. The van der Waals surface area contributed by atoms with Crippen molar-refractivity contribution in [2.75, 3.05) is 0 Å². The third-order valence-corrected chi connectivity index (χ3v) is 3.44. The highest BCUT2D eigenvalue weighted by Crippen LogP contribution is 2.18. The number of aromatic nitrogens is 3. The number of nitrogens with zero attached hydrogens (tertiary/aromatic N) is 3. The standard InChI is InChI=1S/C15H14ClN3/c16-10-15-18-13-5-1-2-6-14(13)19(15)9-7-12-4-3-8-17-11-12/h1-6,8,11H,7,9-10H2. The molecule has 4 heteroatoms. The zero-order valence-electron chi connectivity index (χ0n) is 10.5. The van der Waals surface area contributed by atoms with Crippen LogP contribution in [0.3, 0.4) is 0 Å². The molecule has 3 aromatic rings. The van der Waals surface area contributed by atoms with Gasteiger partial charge in [-0.05, 0) is 30.2 Å². The first-order valence-electron chi connectivity index (χ1n) is 6.27. The molecule has 2 heterocycles. The van der Waals surface area contributed by atoms with Crippen molar-refractivity contribution >= 4 is 22.6 Å². The number of alkyl halides is 1. The van der Waals surface area contributed by atoms with Crippen LogP contribution in [0.5, 0.6) is 0 Å². The summed E-state index contributed by atoms with van der Waals surface area (Å²) in [7, 11) is 0. The molecule has 96 valence electrons. The van der Waals surface area contributed by atoms with Crippen LogP contribution >= 0.6 is 11.6 Å². The maximum atomic E-state index is 5.99. The molecule has 0 fully saturated rings. The van der Waals surface area contributed by atoms with E-state index in [1.807, 2.05) is 30.5 Å². The fourth-order valence-electron chi connectivity index (χ4n) is 2.26. The van der Waals surface area contributed by atoms with E-state index in [1.54, 1.807) is 6.20 Å². The average molecular weight is 272 g/mol. The predicted octanol–water partition coefficient (Wildman–Crippen LogP) is 3.41. The van der Waals surface area contributed by atoms with Crippen molar-refractivity contribution in [1.82, 2.24) is 14.5 Å². The number of aryl methyl sites for hydroxylation is 2. The van der Waals surface area contributed by atoms with Crippen molar-refractivity contribution in [3.8, 4) is 0 Å². The molecule has 0 aliphatic carbocycles. The van der Waals surface area contributed by atoms with Gasteiger partial charge >= 0.3 is 0 Å². The summed E-state index contributed by atoms with van der Waals surface area (Å²) in [5, 5.41) is 0. The van der Waals surface area contributed by atoms with Crippen LogP contribution in [0, 0.1) is 0 Å². The Balaban J connectivity index is 1.91. The maximum absolute atomic E-state index is 5.99. The van der Waals surface area contributed by atoms with E-state index in [1.165, 1.54) is 5.56 Å². The van der Waals surface area contributed by atoms with E-state index in [0.29, 0.717) is 5.88 Å². The topological polar surface area (TPSA) is 30.7 Å². The van der Waals surface area contributed by atoms with Crippen LogP contribution in [0.15, 0.2) is 48.8 Å². The van der Waals surface area contributed by atoms with Crippen LogP contribution in [0.4, 0.5) is 0 Å². The Labute approximate surface area is 116 Å². The predicted molar refractivity (Wildman–Crippen MR) is 77.2 cm³/mol. The van der Waals surface area contributed by atoms with Gasteiger partial charge in [-0.3, -0.25) is 4.98 Å². The molecule has 0 saturated heterocycles. The van der Waals surface area contributed by atoms with E-state index in [-0.39, 0.29) is 0 Å². The quantitative estimate of drug-likeness (QED) is 0.681. The summed E-state index contributed by atoms with van der Waals surface area (Å²) in [6.07, 6.45) is 4.62. The fourth-order valence-corrected chi connectivity index (χ4v) is 2.47. The molecule has 0 unspecified atom stereocenters. The zero-order chi connectivity index (χ0) is 13.1. The first kappa shape index (κ1) is 12.2. The normalized spacial score (nSPS) is 11.0. The van der Waals surface area contributed by atoms with Gasteiger partial charge in [0.1, 0.15) is 5.82 Å². The number of pyridine rings is 1. The number of fused-ring (bicyclic) bond motifs is 1. The molecule has 0 atom stereocenters. The van der Waals surface area contributed by atoms with Crippen LogP contribution in [-0.4, -0.2) is 14.5 Å². The smallest absolute Gasteiger partial charge is 0.124 e. The second-order valence-corrected chi connectivity index (χ2v) is 4.68. The minimum atomic E-state index is 0.432. The van der Waals surface area contributed by atoms with E-state index in [9.17, 15) is 0 Å². The monoisotopic (exact) mass is 271 g/mol. The second-order valence-electron chi connectivity index (χ2n) is 4.41. The van der Waals surface area contributed by atoms with Gasteiger partial charge in [-0.1, -0.05) is 18.2 Å². The van der Waals surface area contributed by atoms with E-state index in [2.05, 4.69) is 26.7 Å². The maximum Gasteiger partial charge on any atom is 0.124 e. The van der Waals surface area contributed by atoms with Gasteiger partial charge in [-0.15, -0.1) is 11.6 Å². The molecule has 0 aliphatic heterocycles. The molecule has 2 aromatic heterocycles. The van der Waals surface area contributed by atoms with Crippen molar-refractivity contribution < 1.29 is 0 Å². The molecule has 0 spiro atoms. The molecule has 0 radical (unpaired) electrons. The molecule has 3 nitrogen and oxygen atoms in total. The minimum absolute atomic E-state index is 0.432. The van der Waals surface area contributed by atoms with Gasteiger partial charge in [0.2, 0.25) is 0 Å². The van der Waals surface area contributed by atoms with Crippen LogP contribution in [0.1, 0.15) is 11.4 Å². The molecular weight excluding hydrogens is 258 g/mol. The molecule has 3 rings (SSSR count). The zero-order valence-corrected chi connectivity index (χ0v) is 11.2. The van der Waals surface area contributed by atoms with Gasteiger partial charge in [0.05, 0.1) is 16.9 Å². The van der Waals surface area contributed by atoms with Gasteiger partial charge < -0.3 is 4.57 Å². The second kappa shape index (κ2) is 5.41. The minimum Gasteiger partial charge on any atom is -0.327 e. The molecule has 0 amide bonds. The first-order valence-corrected chi connectivity index (χ1v) is 6.81. The molecule has 0 bridgehead atoms. The third kappa shape index (κ3) is 2.47. The molecule has 1 aromatic carbocycles. The Hall–Kier alpha value is -1.87. The average Bonchev–Trinajstić information content (AvgIpc) is 2.84. The van der Waals surface area contributed by atoms with E-state index >= 15 is 0 Å². The van der Waals surface area contributed by atoms with Crippen molar-refractivity contribution in [3.63, 3.8) is 0 Å². The fraction of sp³-hybridized carbons (Fsp3) is 0.200. The Morgan fingerprint density at radius 3 is 2.79 bits per heavy atom. The molecule has 19 heavy (non-hydrogen) atoms. The summed E-state index contributed by atoms with van der Waals surface area (Å²) < 4.78 is 2.19. The van der Waals surface area contributed by atoms with Gasteiger partial charge in [0.25, 0.3) is 0 Å². The lowest BCUT2D eigenvalue weighted by Gasteiger charge is -2.07. The van der Waals surface area contributed by atoms with Crippen LogP contribution < -0.4 is 0 Å². The van der Waals surface area contributed by atoms with Crippen molar-refractivity contribution in [2.45, 2.75) is 18.8 Å². The number of rotatable bonds is 4. The van der Waals surface area contributed by atoms with Gasteiger partial charge in [0.15, 0.2) is 0 Å². The SMILES string of the molecule is ClCc1nc2ccccc2n1CCc1cccnc1. The number of para-hydroxylation sites is 2. The number of halogens is 1. The largest absolute Gasteiger partial charge is 0.327 e. The van der Waals surface area contributed by atoms with E-state index < -0.39 is 0 Å². The lowest BCUT2D eigenvalue weighted by atomic mass is 10.2. The highest BCUT2D eigenvalue weighted by atomic mass is 35.5. The van der Waals surface area contributed by atoms with E-state index in [4.69, 9.17) is 11.6 Å². The Kier molecular flexibility index (Phi) is 3.47. The summed E-state index contributed by atoms with van der Waals surface area (Å²) in [4.78, 5) is 8.70. The number of benzene rings is 1. The lowest BCUT2D eigenvalue weighted by molar-refractivity contribution is 0.686. The van der Waals surface area contributed by atoms with Crippen molar-refractivity contribution in [1.29, 1.82) is 0 Å². The number of hydrogen-bond donors (Lipinski definition) is 0. The van der Waals surface area contributed by atoms with E-state index in [0.717, 1.165) is 29.8 Å². The van der Waals surface area contributed by atoms with Crippen molar-refractivity contribution in [3.05, 3.63) is 60.2 Å². The summed E-state index contributed by atoms with van der Waals surface area (Å²) in [5.41, 5.74) is 3.37. The summed E-state index contributed by atoms with van der Waals surface area (Å²) in [6.45, 7) is 0.869. The molecular formula is C15H14ClN3. The van der Waals surface area contributed by atoms with Crippen LogP contribution in [0.2, 0.25) is 0 Å².